The molecular formula is C46H27F2N3O2. The third-order valence-electron chi connectivity index (χ3n) is 9.63. The van der Waals surface area contributed by atoms with Crippen molar-refractivity contribution in [2.24, 2.45) is 0 Å². The third kappa shape index (κ3) is 5.56. The molecule has 0 spiro atoms. The van der Waals surface area contributed by atoms with E-state index in [0.29, 0.717) is 22.6 Å². The van der Waals surface area contributed by atoms with Crippen LogP contribution < -0.4 is 4.90 Å². The first-order valence-corrected chi connectivity index (χ1v) is 17.2. The zero-order valence-electron chi connectivity index (χ0n) is 28.0. The van der Waals surface area contributed by atoms with Crippen molar-refractivity contribution in [3.63, 3.8) is 0 Å². The summed E-state index contributed by atoms with van der Waals surface area (Å²) in [5, 5.41) is 3.41. The highest BCUT2D eigenvalue weighted by Crippen LogP contribution is 2.39. The standard InChI is InChI=1S/C46H27F2N3O2/c47-39-26-34-12-10-31(24-35(34)27-40(39)48)30-9-11-33-25-38(22-17-32(33)23-30)51(36-18-13-28(14-19-36)45-49-41-5-1-3-7-43(41)52-45)37-20-15-29(16-21-37)46-50-42-6-2-4-8-44(42)53-46/h1-27H. The minimum Gasteiger partial charge on any atom is -0.436 e. The van der Waals surface area contributed by atoms with Gasteiger partial charge in [-0.3, -0.25) is 0 Å². The Hall–Kier alpha value is -7.12. The molecule has 0 radical (unpaired) electrons. The number of nitrogens with zero attached hydrogens (tertiary/aromatic N) is 3. The molecule has 0 N–H and O–H groups in total. The zero-order valence-corrected chi connectivity index (χ0v) is 28.0. The van der Waals surface area contributed by atoms with Gasteiger partial charge in [-0.1, -0.05) is 54.6 Å². The number of benzene rings is 8. The van der Waals surface area contributed by atoms with Crippen LogP contribution in [0.3, 0.4) is 0 Å². The molecule has 10 aromatic rings. The summed E-state index contributed by atoms with van der Waals surface area (Å²) in [6.45, 7) is 0. The van der Waals surface area contributed by atoms with Gasteiger partial charge in [0, 0.05) is 28.2 Å². The van der Waals surface area contributed by atoms with Gasteiger partial charge in [0.25, 0.3) is 0 Å². The van der Waals surface area contributed by atoms with Gasteiger partial charge in [0.05, 0.1) is 0 Å². The fourth-order valence-corrected chi connectivity index (χ4v) is 6.92. The highest BCUT2D eigenvalue weighted by molar-refractivity contribution is 5.94. The second kappa shape index (κ2) is 12.3. The van der Waals surface area contributed by atoms with Crippen molar-refractivity contribution in [1.82, 2.24) is 9.97 Å². The fraction of sp³-hybridized carbons (Fsp3) is 0. The second-order valence-electron chi connectivity index (χ2n) is 13.0. The molecule has 0 atom stereocenters. The average Bonchev–Trinajstić information content (AvgIpc) is 3.84. The molecule has 0 saturated heterocycles. The number of rotatable bonds is 6. The smallest absolute Gasteiger partial charge is 0.227 e. The first kappa shape index (κ1) is 30.7. The number of hydrogen-bond donors (Lipinski definition) is 0. The van der Waals surface area contributed by atoms with Crippen LogP contribution in [0.15, 0.2) is 173 Å². The maximum absolute atomic E-state index is 14.0. The fourth-order valence-electron chi connectivity index (χ4n) is 6.92. The normalized spacial score (nSPS) is 11.6. The minimum absolute atomic E-state index is 0.567. The van der Waals surface area contributed by atoms with Crippen LogP contribution in [0.4, 0.5) is 25.8 Å². The summed E-state index contributed by atoms with van der Waals surface area (Å²) in [6, 6.07) is 52.6. The first-order valence-electron chi connectivity index (χ1n) is 17.2. The summed E-state index contributed by atoms with van der Waals surface area (Å²) >= 11 is 0. The maximum Gasteiger partial charge on any atom is 0.227 e. The number of halogens is 2. The number of aromatic nitrogens is 2. The van der Waals surface area contributed by atoms with Crippen LogP contribution in [0.25, 0.3) is 77.8 Å². The highest BCUT2D eigenvalue weighted by Gasteiger charge is 2.17. The summed E-state index contributed by atoms with van der Waals surface area (Å²) in [5.74, 6) is -0.569. The molecule has 2 aromatic heterocycles. The number of anilines is 3. The van der Waals surface area contributed by atoms with Gasteiger partial charge < -0.3 is 13.7 Å². The van der Waals surface area contributed by atoms with Crippen molar-refractivity contribution in [2.45, 2.75) is 0 Å². The van der Waals surface area contributed by atoms with E-state index in [4.69, 9.17) is 8.83 Å². The number of oxazole rings is 2. The molecule has 0 bridgehead atoms. The van der Waals surface area contributed by atoms with Gasteiger partial charge in [0.2, 0.25) is 11.8 Å². The summed E-state index contributed by atoms with van der Waals surface area (Å²) in [5.41, 5.74) is 9.67. The zero-order chi connectivity index (χ0) is 35.5. The Morgan fingerprint density at radius 1 is 0.377 bits per heavy atom. The number of para-hydroxylation sites is 4. The maximum atomic E-state index is 14.0. The van der Waals surface area contributed by atoms with E-state index in [1.165, 1.54) is 12.1 Å². The van der Waals surface area contributed by atoms with E-state index in [1.807, 2.05) is 91.0 Å². The van der Waals surface area contributed by atoms with Gasteiger partial charge in [-0.2, -0.15) is 0 Å². The highest BCUT2D eigenvalue weighted by atomic mass is 19.2. The Bertz CT molecular complexity index is 2800. The summed E-state index contributed by atoms with van der Waals surface area (Å²) in [6.07, 6.45) is 0. The molecule has 53 heavy (non-hydrogen) atoms. The minimum atomic E-state index is -0.855. The van der Waals surface area contributed by atoms with Crippen LogP contribution in [-0.4, -0.2) is 9.97 Å². The largest absolute Gasteiger partial charge is 0.436 e. The first-order chi connectivity index (χ1) is 26.0. The van der Waals surface area contributed by atoms with Crippen LogP contribution in [0.2, 0.25) is 0 Å². The van der Waals surface area contributed by atoms with E-state index in [1.54, 1.807) is 0 Å². The number of hydrogen-bond acceptors (Lipinski definition) is 5. The SMILES string of the molecule is Fc1cc2ccc(-c3ccc4cc(N(c5ccc(-c6nc7ccccc7o6)cc5)c5ccc(-c6nc7ccccc7o6)cc5)ccc4c3)cc2cc1F. The average molecular weight is 692 g/mol. The van der Waals surface area contributed by atoms with Crippen molar-refractivity contribution in [3.05, 3.63) is 175 Å². The molecule has 0 unspecified atom stereocenters. The van der Waals surface area contributed by atoms with E-state index in [2.05, 4.69) is 75.5 Å². The van der Waals surface area contributed by atoms with Crippen molar-refractivity contribution >= 4 is 60.8 Å². The lowest BCUT2D eigenvalue weighted by Crippen LogP contribution is -2.09. The molecule has 2 heterocycles. The van der Waals surface area contributed by atoms with Gasteiger partial charge in [-0.05, 0) is 142 Å². The van der Waals surface area contributed by atoms with Gasteiger partial charge in [0.1, 0.15) is 11.0 Å². The van der Waals surface area contributed by atoms with Gasteiger partial charge in [0.15, 0.2) is 22.8 Å². The molecule has 8 aromatic carbocycles. The van der Waals surface area contributed by atoms with Gasteiger partial charge in [-0.15, -0.1) is 0 Å². The summed E-state index contributed by atoms with van der Waals surface area (Å²) in [7, 11) is 0. The molecule has 252 valence electrons. The Morgan fingerprint density at radius 3 is 1.34 bits per heavy atom. The van der Waals surface area contributed by atoms with Crippen LogP contribution in [0.1, 0.15) is 0 Å². The molecule has 0 aliphatic carbocycles. The molecule has 0 amide bonds. The Labute approximate surface area is 302 Å². The van der Waals surface area contributed by atoms with E-state index in [-0.39, 0.29) is 0 Å². The summed E-state index contributed by atoms with van der Waals surface area (Å²) < 4.78 is 39.9. The lowest BCUT2D eigenvalue weighted by Gasteiger charge is -2.26. The molecular weight excluding hydrogens is 665 g/mol. The molecule has 5 nitrogen and oxygen atoms in total. The second-order valence-corrected chi connectivity index (χ2v) is 13.0. The van der Waals surface area contributed by atoms with Crippen LogP contribution >= 0.6 is 0 Å². The van der Waals surface area contributed by atoms with Crippen molar-refractivity contribution < 1.29 is 17.6 Å². The van der Waals surface area contributed by atoms with E-state index in [0.717, 1.165) is 72.3 Å². The number of fused-ring (bicyclic) bond motifs is 4. The Kier molecular flexibility index (Phi) is 7.11. The van der Waals surface area contributed by atoms with Gasteiger partial charge in [-0.25, -0.2) is 18.7 Å². The molecule has 7 heteroatoms. The van der Waals surface area contributed by atoms with Gasteiger partial charge >= 0.3 is 0 Å². The van der Waals surface area contributed by atoms with Crippen molar-refractivity contribution in [3.8, 4) is 34.0 Å². The predicted molar refractivity (Wildman–Crippen MR) is 207 cm³/mol. The van der Waals surface area contributed by atoms with Crippen molar-refractivity contribution in [1.29, 1.82) is 0 Å². The monoisotopic (exact) mass is 691 g/mol. The van der Waals surface area contributed by atoms with Crippen LogP contribution in [0.5, 0.6) is 0 Å². The molecule has 0 aliphatic heterocycles. The third-order valence-corrected chi connectivity index (χ3v) is 9.63. The van der Waals surface area contributed by atoms with Crippen molar-refractivity contribution in [2.75, 3.05) is 4.90 Å². The summed E-state index contributed by atoms with van der Waals surface area (Å²) in [4.78, 5) is 11.6. The predicted octanol–water partition coefficient (Wildman–Crippen LogP) is 13.0. The Balaban J connectivity index is 1.03. The molecule has 0 saturated carbocycles. The van der Waals surface area contributed by atoms with E-state index >= 15 is 0 Å². The van der Waals surface area contributed by atoms with Crippen LogP contribution in [-0.2, 0) is 0 Å². The quantitative estimate of drug-likeness (QED) is 0.174. The molecule has 0 fully saturated rings. The van der Waals surface area contributed by atoms with E-state index in [9.17, 15) is 8.78 Å². The van der Waals surface area contributed by atoms with E-state index < -0.39 is 11.6 Å². The molecule has 0 aliphatic rings. The lowest BCUT2D eigenvalue weighted by molar-refractivity contribution is 0.511. The van der Waals surface area contributed by atoms with Crippen LogP contribution in [0, 0.1) is 11.6 Å². The topological polar surface area (TPSA) is 55.3 Å². The Morgan fingerprint density at radius 2 is 0.792 bits per heavy atom. The molecule has 10 rings (SSSR count). The lowest BCUT2D eigenvalue weighted by atomic mass is 9.98.